The standard InChI is InChI=1S/C12H14ClF3N2O2/c1-20-6-2-5-17-11(19)18-10-7-8(12(14,15)16)3-4-9(10)13/h3-4,7H,2,5-6H2,1H3,(H2,17,18,19). The largest absolute Gasteiger partial charge is 0.416 e. The van der Waals surface area contributed by atoms with Gasteiger partial charge in [-0.05, 0) is 24.6 Å². The van der Waals surface area contributed by atoms with Gasteiger partial charge in [-0.3, -0.25) is 0 Å². The molecule has 0 saturated carbocycles. The second-order valence-electron chi connectivity index (χ2n) is 3.92. The van der Waals surface area contributed by atoms with E-state index in [0.717, 1.165) is 18.2 Å². The number of ether oxygens (including phenoxy) is 1. The average molecular weight is 311 g/mol. The summed E-state index contributed by atoms with van der Waals surface area (Å²) in [6, 6.07) is 2.11. The Morgan fingerprint density at radius 2 is 2.10 bits per heavy atom. The molecule has 1 rings (SSSR count). The van der Waals surface area contributed by atoms with Gasteiger partial charge in [-0.1, -0.05) is 11.6 Å². The van der Waals surface area contributed by atoms with E-state index in [-0.39, 0.29) is 10.7 Å². The Bertz CT molecular complexity index is 467. The van der Waals surface area contributed by atoms with Gasteiger partial charge in [0.25, 0.3) is 0 Å². The lowest BCUT2D eigenvalue weighted by Gasteiger charge is -2.12. The first-order valence-electron chi connectivity index (χ1n) is 5.75. The fourth-order valence-corrected chi connectivity index (χ4v) is 1.55. The lowest BCUT2D eigenvalue weighted by molar-refractivity contribution is -0.137. The number of halogens is 4. The van der Waals surface area contributed by atoms with Crippen LogP contribution in [-0.4, -0.2) is 26.3 Å². The molecular weight excluding hydrogens is 297 g/mol. The zero-order valence-corrected chi connectivity index (χ0v) is 11.4. The highest BCUT2D eigenvalue weighted by Crippen LogP contribution is 2.33. The van der Waals surface area contributed by atoms with E-state index < -0.39 is 17.8 Å². The number of hydrogen-bond donors (Lipinski definition) is 2. The van der Waals surface area contributed by atoms with Crippen LogP contribution in [-0.2, 0) is 10.9 Å². The van der Waals surface area contributed by atoms with Gasteiger partial charge in [-0.25, -0.2) is 4.79 Å². The van der Waals surface area contributed by atoms with Gasteiger partial charge in [-0.2, -0.15) is 13.2 Å². The topological polar surface area (TPSA) is 50.4 Å². The zero-order chi connectivity index (χ0) is 15.2. The molecular formula is C12H14ClF3N2O2. The van der Waals surface area contributed by atoms with Crippen LogP contribution in [0.5, 0.6) is 0 Å². The number of nitrogens with one attached hydrogen (secondary N) is 2. The number of urea groups is 1. The van der Waals surface area contributed by atoms with Crippen molar-refractivity contribution in [2.45, 2.75) is 12.6 Å². The minimum atomic E-state index is -4.49. The van der Waals surface area contributed by atoms with Gasteiger partial charge in [0.15, 0.2) is 0 Å². The van der Waals surface area contributed by atoms with E-state index in [2.05, 4.69) is 10.6 Å². The molecule has 2 N–H and O–H groups in total. The fraction of sp³-hybridized carbons (Fsp3) is 0.417. The van der Waals surface area contributed by atoms with Crippen LogP contribution >= 0.6 is 11.6 Å². The molecule has 0 atom stereocenters. The molecule has 1 aromatic carbocycles. The molecule has 0 bridgehead atoms. The quantitative estimate of drug-likeness (QED) is 0.818. The number of alkyl halides is 3. The second-order valence-corrected chi connectivity index (χ2v) is 4.33. The van der Waals surface area contributed by atoms with Crippen LogP contribution in [0.3, 0.4) is 0 Å². The molecule has 0 saturated heterocycles. The van der Waals surface area contributed by atoms with Crippen LogP contribution in [0.4, 0.5) is 23.7 Å². The smallest absolute Gasteiger partial charge is 0.385 e. The minimum absolute atomic E-state index is 0.0324. The molecule has 112 valence electrons. The van der Waals surface area contributed by atoms with E-state index in [1.54, 1.807) is 0 Å². The summed E-state index contributed by atoms with van der Waals surface area (Å²) in [5.74, 6) is 0. The highest BCUT2D eigenvalue weighted by molar-refractivity contribution is 6.33. The maximum Gasteiger partial charge on any atom is 0.416 e. The molecule has 2 amide bonds. The summed E-state index contributed by atoms with van der Waals surface area (Å²) in [5.41, 5.74) is -0.970. The number of rotatable bonds is 5. The van der Waals surface area contributed by atoms with Gasteiger partial charge in [-0.15, -0.1) is 0 Å². The van der Waals surface area contributed by atoms with Crippen molar-refractivity contribution in [1.29, 1.82) is 0 Å². The van der Waals surface area contributed by atoms with Crippen molar-refractivity contribution in [2.75, 3.05) is 25.6 Å². The lowest BCUT2D eigenvalue weighted by atomic mass is 10.2. The maximum atomic E-state index is 12.5. The Labute approximate surface area is 119 Å². The predicted octanol–water partition coefficient (Wildman–Crippen LogP) is 3.52. The van der Waals surface area contributed by atoms with Crippen molar-refractivity contribution < 1.29 is 22.7 Å². The second kappa shape index (κ2) is 7.35. The molecule has 4 nitrogen and oxygen atoms in total. The normalized spacial score (nSPS) is 11.2. The van der Waals surface area contributed by atoms with E-state index >= 15 is 0 Å². The number of carbonyl (C=O) groups is 1. The zero-order valence-electron chi connectivity index (χ0n) is 10.7. The lowest BCUT2D eigenvalue weighted by Crippen LogP contribution is -2.30. The first-order valence-corrected chi connectivity index (χ1v) is 6.13. The van der Waals surface area contributed by atoms with E-state index in [4.69, 9.17) is 16.3 Å². The third-order valence-corrected chi connectivity index (χ3v) is 2.68. The first kappa shape index (κ1) is 16.6. The monoisotopic (exact) mass is 310 g/mol. The summed E-state index contributed by atoms with van der Waals surface area (Å²) in [4.78, 5) is 11.5. The van der Waals surface area contributed by atoms with Crippen LogP contribution in [0.1, 0.15) is 12.0 Å². The van der Waals surface area contributed by atoms with Crippen LogP contribution in [0, 0.1) is 0 Å². The Morgan fingerprint density at radius 3 is 2.70 bits per heavy atom. The summed E-state index contributed by atoms with van der Waals surface area (Å²) in [6.07, 6.45) is -3.89. The van der Waals surface area contributed by atoms with Crippen LogP contribution in [0.2, 0.25) is 5.02 Å². The summed E-state index contributed by atoms with van der Waals surface area (Å²) in [7, 11) is 1.53. The average Bonchev–Trinajstić information content (AvgIpc) is 2.36. The molecule has 0 heterocycles. The molecule has 1 aromatic rings. The molecule has 0 aromatic heterocycles. The number of carbonyl (C=O) groups excluding carboxylic acids is 1. The molecule has 0 spiro atoms. The predicted molar refractivity (Wildman–Crippen MR) is 70.0 cm³/mol. The van der Waals surface area contributed by atoms with Crippen LogP contribution in [0.15, 0.2) is 18.2 Å². The molecule has 0 fully saturated rings. The van der Waals surface area contributed by atoms with Gasteiger partial charge in [0.1, 0.15) is 0 Å². The summed E-state index contributed by atoms with van der Waals surface area (Å²) in [5, 5.41) is 4.79. The number of hydrogen-bond acceptors (Lipinski definition) is 2. The van der Waals surface area contributed by atoms with Crippen LogP contribution < -0.4 is 10.6 Å². The highest BCUT2D eigenvalue weighted by Gasteiger charge is 2.31. The molecule has 8 heteroatoms. The fourth-order valence-electron chi connectivity index (χ4n) is 1.38. The van der Waals surface area contributed by atoms with Crippen molar-refractivity contribution in [3.8, 4) is 0 Å². The molecule has 0 aliphatic carbocycles. The van der Waals surface area contributed by atoms with Crippen LogP contribution in [0.25, 0.3) is 0 Å². The highest BCUT2D eigenvalue weighted by atomic mass is 35.5. The SMILES string of the molecule is COCCCNC(=O)Nc1cc(C(F)(F)F)ccc1Cl. The Balaban J connectivity index is 2.65. The number of benzene rings is 1. The van der Waals surface area contributed by atoms with Gasteiger partial charge >= 0.3 is 12.2 Å². The van der Waals surface area contributed by atoms with Gasteiger partial charge in [0, 0.05) is 20.3 Å². The van der Waals surface area contributed by atoms with Gasteiger partial charge in [0.2, 0.25) is 0 Å². The van der Waals surface area contributed by atoms with Crippen molar-refractivity contribution in [3.63, 3.8) is 0 Å². The molecule has 0 aliphatic rings. The minimum Gasteiger partial charge on any atom is -0.385 e. The Kier molecular flexibility index (Phi) is 6.09. The van der Waals surface area contributed by atoms with Crippen molar-refractivity contribution in [2.24, 2.45) is 0 Å². The Morgan fingerprint density at radius 1 is 1.40 bits per heavy atom. The Hall–Kier alpha value is -1.47. The third kappa shape index (κ3) is 5.26. The van der Waals surface area contributed by atoms with E-state index in [0.29, 0.717) is 19.6 Å². The number of methoxy groups -OCH3 is 1. The molecule has 0 radical (unpaired) electrons. The molecule has 20 heavy (non-hydrogen) atoms. The number of amides is 2. The van der Waals surface area contributed by atoms with E-state index in [9.17, 15) is 18.0 Å². The van der Waals surface area contributed by atoms with Gasteiger partial charge in [0.05, 0.1) is 16.3 Å². The summed E-state index contributed by atoms with van der Waals surface area (Å²) >= 11 is 5.74. The van der Waals surface area contributed by atoms with E-state index in [1.165, 1.54) is 7.11 Å². The maximum absolute atomic E-state index is 12.5. The first-order chi connectivity index (χ1) is 9.34. The number of anilines is 1. The summed E-state index contributed by atoms with van der Waals surface area (Å²) < 4.78 is 42.4. The van der Waals surface area contributed by atoms with Crippen molar-refractivity contribution >= 4 is 23.3 Å². The molecule has 0 aliphatic heterocycles. The van der Waals surface area contributed by atoms with E-state index in [1.807, 2.05) is 0 Å². The van der Waals surface area contributed by atoms with Crippen molar-refractivity contribution in [1.82, 2.24) is 5.32 Å². The molecule has 0 unspecified atom stereocenters. The third-order valence-electron chi connectivity index (χ3n) is 2.35. The van der Waals surface area contributed by atoms with Gasteiger partial charge < -0.3 is 15.4 Å². The van der Waals surface area contributed by atoms with Crippen molar-refractivity contribution in [3.05, 3.63) is 28.8 Å². The summed E-state index contributed by atoms with van der Waals surface area (Å²) in [6.45, 7) is 0.820.